The molecule has 0 aromatic rings. The molecule has 0 heterocycles. The largest absolute Gasteiger partial charge is 0.452 e. The fraction of sp³-hybridized carbons (Fsp3) is 0.955. The summed E-state index contributed by atoms with van der Waals surface area (Å²) in [6.07, 6.45) is 38.2. The van der Waals surface area contributed by atoms with Crippen LogP contribution in [0.3, 0.4) is 0 Å². The Balaban J connectivity index is 4.00. The van der Waals surface area contributed by atoms with Crippen LogP contribution in [0.1, 0.15) is 239 Å². The number of ether oxygens (including phenoxy) is 1. The fourth-order valence-electron chi connectivity index (χ4n) is 7.18. The maximum Gasteiger partial charge on any atom is 0.303 e. The first-order chi connectivity index (χ1) is 24.9. The molecule has 7 nitrogen and oxygen atoms in total. The van der Waals surface area contributed by atoms with Crippen molar-refractivity contribution < 1.29 is 29.6 Å². The van der Waals surface area contributed by atoms with Crippen molar-refractivity contribution in [2.24, 2.45) is 0 Å². The van der Waals surface area contributed by atoms with Gasteiger partial charge in [0.1, 0.15) is 6.10 Å². The van der Waals surface area contributed by atoms with E-state index in [1.165, 1.54) is 174 Å². The molecule has 0 fully saturated rings. The predicted molar refractivity (Wildman–Crippen MR) is 215 cm³/mol. The van der Waals surface area contributed by atoms with E-state index in [1.807, 2.05) is 0 Å². The first kappa shape index (κ1) is 49.8. The summed E-state index contributed by atoms with van der Waals surface area (Å²) in [5.41, 5.74) is 0. The normalized spacial score (nSPS) is 13.9. The summed E-state index contributed by atoms with van der Waals surface area (Å²) in [4.78, 5) is 24.7. The molecule has 0 aliphatic carbocycles. The number of esters is 1. The molecule has 0 aliphatic heterocycles. The van der Waals surface area contributed by atoms with Gasteiger partial charge in [-0.2, -0.15) is 0 Å². The highest BCUT2D eigenvalue weighted by Crippen LogP contribution is 2.18. The maximum atomic E-state index is 13.0. The Morgan fingerprint density at radius 3 is 1.08 bits per heavy atom. The second kappa shape index (κ2) is 38.5. The Morgan fingerprint density at radius 1 is 0.490 bits per heavy atom. The fourth-order valence-corrected chi connectivity index (χ4v) is 7.18. The Labute approximate surface area is 316 Å². The first-order valence-electron chi connectivity index (χ1n) is 22.3. The molecule has 0 saturated heterocycles. The molecule has 0 saturated carbocycles. The number of aliphatic hydroxyl groups is 3. The Kier molecular flexibility index (Phi) is 37.6. The van der Waals surface area contributed by atoms with Crippen LogP contribution in [0.2, 0.25) is 0 Å². The van der Waals surface area contributed by atoms with Crippen molar-refractivity contribution in [2.75, 3.05) is 6.61 Å². The quantitative estimate of drug-likeness (QED) is 0.0369. The van der Waals surface area contributed by atoms with E-state index in [0.717, 1.165) is 38.5 Å². The van der Waals surface area contributed by atoms with Crippen LogP contribution in [0.15, 0.2) is 0 Å². The van der Waals surface area contributed by atoms with Gasteiger partial charge < -0.3 is 25.4 Å². The van der Waals surface area contributed by atoms with Crippen molar-refractivity contribution in [2.45, 2.75) is 263 Å². The molecule has 0 unspecified atom stereocenters. The highest BCUT2D eigenvalue weighted by atomic mass is 16.5. The van der Waals surface area contributed by atoms with Gasteiger partial charge in [-0.15, -0.1) is 0 Å². The van der Waals surface area contributed by atoms with E-state index in [9.17, 15) is 24.9 Å². The monoisotopic (exact) mass is 726 g/mol. The molecule has 0 aromatic carbocycles. The van der Waals surface area contributed by atoms with Crippen LogP contribution in [0.25, 0.3) is 0 Å². The minimum Gasteiger partial charge on any atom is -0.452 e. The van der Waals surface area contributed by atoms with Gasteiger partial charge in [-0.3, -0.25) is 9.59 Å². The van der Waals surface area contributed by atoms with E-state index in [-0.39, 0.29) is 0 Å². The van der Waals surface area contributed by atoms with Crippen LogP contribution >= 0.6 is 0 Å². The summed E-state index contributed by atoms with van der Waals surface area (Å²) >= 11 is 0. The zero-order valence-electron chi connectivity index (χ0n) is 34.1. The summed E-state index contributed by atoms with van der Waals surface area (Å²) < 4.78 is 5.31. The van der Waals surface area contributed by atoms with Crippen LogP contribution in [-0.4, -0.2) is 58.2 Å². The third-order valence-electron chi connectivity index (χ3n) is 10.6. The highest BCUT2D eigenvalue weighted by molar-refractivity contribution is 5.83. The van der Waals surface area contributed by atoms with Gasteiger partial charge in [-0.05, 0) is 19.3 Å². The third-order valence-corrected chi connectivity index (χ3v) is 10.6. The van der Waals surface area contributed by atoms with Gasteiger partial charge in [-0.25, -0.2) is 0 Å². The van der Waals surface area contributed by atoms with Crippen LogP contribution in [-0.2, 0) is 14.3 Å². The molecule has 0 spiro atoms. The molecule has 0 bridgehead atoms. The smallest absolute Gasteiger partial charge is 0.303 e. The summed E-state index contributed by atoms with van der Waals surface area (Å²) in [7, 11) is 0. The molecule has 4 N–H and O–H groups in total. The van der Waals surface area contributed by atoms with E-state index >= 15 is 0 Å². The van der Waals surface area contributed by atoms with Gasteiger partial charge in [0, 0.05) is 6.92 Å². The average molecular weight is 726 g/mol. The molecular formula is C44H87NO6. The van der Waals surface area contributed by atoms with E-state index in [1.54, 1.807) is 0 Å². The van der Waals surface area contributed by atoms with Crippen molar-refractivity contribution in [3.8, 4) is 0 Å². The number of rotatable bonds is 40. The standard InChI is InChI=1S/C44H87NO6/c1-4-6-8-10-12-14-16-18-19-20-21-22-23-24-25-27-29-31-33-35-37-42(51-39(3)47)44(50)45-40(38-46)43(49)41(48)36-34-32-30-28-26-17-15-13-11-9-7-5-2/h40-43,46,48-49H,4-38H2,1-3H3,(H,45,50)/t40-,41+,42+,43-/m0/s1. The van der Waals surface area contributed by atoms with E-state index in [4.69, 9.17) is 4.74 Å². The molecule has 304 valence electrons. The van der Waals surface area contributed by atoms with E-state index in [2.05, 4.69) is 19.2 Å². The van der Waals surface area contributed by atoms with E-state index in [0.29, 0.717) is 12.8 Å². The number of carbonyl (C=O) groups excluding carboxylic acids is 2. The molecule has 4 atom stereocenters. The molecule has 0 aliphatic rings. The summed E-state index contributed by atoms with van der Waals surface area (Å²) in [5.74, 6) is -1.06. The van der Waals surface area contributed by atoms with Crippen LogP contribution in [0.5, 0.6) is 0 Å². The molecule has 0 rings (SSSR count). The lowest BCUT2D eigenvalue weighted by molar-refractivity contribution is -0.155. The molecule has 51 heavy (non-hydrogen) atoms. The molecule has 0 aromatic heterocycles. The Morgan fingerprint density at radius 2 is 0.784 bits per heavy atom. The number of nitrogens with one attached hydrogen (secondary N) is 1. The van der Waals surface area contributed by atoms with Gasteiger partial charge in [0.25, 0.3) is 5.91 Å². The van der Waals surface area contributed by atoms with Crippen LogP contribution < -0.4 is 5.32 Å². The highest BCUT2D eigenvalue weighted by Gasteiger charge is 2.30. The van der Waals surface area contributed by atoms with Crippen molar-refractivity contribution in [3.05, 3.63) is 0 Å². The van der Waals surface area contributed by atoms with Gasteiger partial charge in [0.05, 0.1) is 18.8 Å². The number of unbranched alkanes of at least 4 members (excludes halogenated alkanes) is 30. The van der Waals surface area contributed by atoms with Crippen molar-refractivity contribution in [1.82, 2.24) is 5.32 Å². The Hall–Kier alpha value is -1.18. The summed E-state index contributed by atoms with van der Waals surface area (Å²) in [5, 5.41) is 33.8. The van der Waals surface area contributed by atoms with Crippen molar-refractivity contribution >= 4 is 11.9 Å². The van der Waals surface area contributed by atoms with Crippen LogP contribution in [0, 0.1) is 0 Å². The molecular weight excluding hydrogens is 638 g/mol. The Bertz CT molecular complexity index is 749. The maximum absolute atomic E-state index is 13.0. The summed E-state index contributed by atoms with van der Waals surface area (Å²) in [6.45, 7) is 5.30. The van der Waals surface area contributed by atoms with Gasteiger partial charge >= 0.3 is 5.97 Å². The average Bonchev–Trinajstić information content (AvgIpc) is 3.12. The number of hydrogen-bond acceptors (Lipinski definition) is 6. The molecule has 1 amide bonds. The van der Waals surface area contributed by atoms with Gasteiger partial charge in [0.2, 0.25) is 0 Å². The van der Waals surface area contributed by atoms with Gasteiger partial charge in [-0.1, -0.05) is 213 Å². The third kappa shape index (κ3) is 33.1. The topological polar surface area (TPSA) is 116 Å². The zero-order chi connectivity index (χ0) is 37.6. The van der Waals surface area contributed by atoms with Crippen molar-refractivity contribution in [1.29, 1.82) is 0 Å². The lowest BCUT2D eigenvalue weighted by Crippen LogP contribution is -2.53. The second-order valence-electron chi connectivity index (χ2n) is 15.6. The lowest BCUT2D eigenvalue weighted by atomic mass is 9.99. The number of aliphatic hydroxyl groups excluding tert-OH is 3. The summed E-state index contributed by atoms with van der Waals surface area (Å²) in [6, 6.07) is -1.02. The first-order valence-corrected chi connectivity index (χ1v) is 22.3. The molecule has 7 heteroatoms. The van der Waals surface area contributed by atoms with E-state index < -0.39 is 42.8 Å². The van der Waals surface area contributed by atoms with Gasteiger partial charge in [0.15, 0.2) is 6.10 Å². The molecule has 0 radical (unpaired) electrons. The second-order valence-corrected chi connectivity index (χ2v) is 15.6. The number of amides is 1. The van der Waals surface area contributed by atoms with Crippen molar-refractivity contribution in [3.63, 3.8) is 0 Å². The number of carbonyl (C=O) groups is 2. The minimum absolute atomic E-state index is 0.403. The minimum atomic E-state index is -1.29. The number of hydrogen-bond donors (Lipinski definition) is 4. The van der Waals surface area contributed by atoms with Crippen LogP contribution in [0.4, 0.5) is 0 Å². The zero-order valence-corrected chi connectivity index (χ0v) is 34.1. The SMILES string of the molecule is CCCCCCCCCCCCCCCCCCCCCC[C@@H](OC(C)=O)C(=O)N[C@@H](CO)[C@H](O)[C@H](O)CCCCCCCCCCCCCC. The predicted octanol–water partition coefficient (Wildman–Crippen LogP) is 11.4. The lowest BCUT2D eigenvalue weighted by Gasteiger charge is -2.28.